The largest absolute Gasteiger partial charge is 1.00 e. The molecule has 0 radical (unpaired) electrons. The Kier molecular flexibility index (Phi) is 12.9. The van der Waals surface area contributed by atoms with E-state index in [1.807, 2.05) is 0 Å². The number of aryl methyl sites for hydroxylation is 1. The quantitative estimate of drug-likeness (QED) is 0.334. The Morgan fingerprint density at radius 1 is 0.783 bits per heavy atom. The predicted octanol–water partition coefficient (Wildman–Crippen LogP) is 2.06. The Hall–Kier alpha value is -0.273. The minimum Gasteiger partial charge on any atom is -0.744 e. The minimum absolute atomic E-state index is 0. The maximum Gasteiger partial charge on any atom is 1.00 e. The van der Waals surface area contributed by atoms with Gasteiger partial charge in [0.15, 0.2) is 0 Å². The summed E-state index contributed by atoms with van der Waals surface area (Å²) in [4.78, 5) is -0.140. The summed E-state index contributed by atoms with van der Waals surface area (Å²) in [6.45, 7) is 2.24. The first-order valence-corrected chi connectivity index (χ1v) is 9.99. The molecule has 0 saturated heterocycles. The van der Waals surface area contributed by atoms with Crippen molar-refractivity contribution in [1.29, 1.82) is 0 Å². The summed E-state index contributed by atoms with van der Waals surface area (Å²) in [6, 6.07) is 6.32. The van der Waals surface area contributed by atoms with E-state index in [4.69, 9.17) is 0 Å². The average Bonchev–Trinajstić information content (AvgIpc) is 2.49. The molecule has 1 aromatic rings. The second kappa shape index (κ2) is 13.1. The monoisotopic (exact) mass is 332 g/mol. The maximum atomic E-state index is 10.8. The van der Waals surface area contributed by atoms with Crippen LogP contribution in [0.25, 0.3) is 0 Å². The van der Waals surface area contributed by atoms with E-state index in [0.717, 1.165) is 18.4 Å². The number of benzene rings is 1. The van der Waals surface area contributed by atoms with E-state index in [1.54, 1.807) is 12.1 Å². The standard InChI is InChI=1S/C18H30O3S.Li/c1-2-3-4-5-6-7-8-9-10-11-12-17-13-15-18(16-14-17)22(19,20)21;/h13-16H,2-12H2,1H3,(H,19,20,21);/q;+1/p-1. The normalized spacial score (nSPS) is 11.2. The molecule has 0 spiro atoms. The molecule has 1 aromatic carbocycles. The first-order valence-electron chi connectivity index (χ1n) is 8.59. The van der Waals surface area contributed by atoms with Crippen LogP contribution >= 0.6 is 0 Å². The molecule has 0 bridgehead atoms. The van der Waals surface area contributed by atoms with E-state index in [9.17, 15) is 13.0 Å². The van der Waals surface area contributed by atoms with Crippen molar-refractivity contribution in [2.24, 2.45) is 0 Å². The number of hydrogen-bond donors (Lipinski definition) is 0. The zero-order valence-electron chi connectivity index (χ0n) is 14.7. The van der Waals surface area contributed by atoms with Gasteiger partial charge in [0.25, 0.3) is 0 Å². The fourth-order valence-electron chi connectivity index (χ4n) is 2.64. The Balaban J connectivity index is 0.00000484. The summed E-state index contributed by atoms with van der Waals surface area (Å²) in [7, 11) is -4.31. The van der Waals surface area contributed by atoms with Crippen LogP contribution in [0.2, 0.25) is 0 Å². The minimum atomic E-state index is -4.31. The van der Waals surface area contributed by atoms with Crippen LogP contribution < -0.4 is 18.9 Å². The van der Waals surface area contributed by atoms with Crippen molar-refractivity contribution in [3.63, 3.8) is 0 Å². The van der Waals surface area contributed by atoms with Crippen LogP contribution in [0, 0.1) is 0 Å². The number of hydrogen-bond acceptors (Lipinski definition) is 3. The molecular weight excluding hydrogens is 303 g/mol. The van der Waals surface area contributed by atoms with E-state index in [0.29, 0.717) is 0 Å². The van der Waals surface area contributed by atoms with Crippen molar-refractivity contribution in [3.8, 4) is 0 Å². The van der Waals surface area contributed by atoms with Crippen LogP contribution in [0.4, 0.5) is 0 Å². The molecule has 23 heavy (non-hydrogen) atoms. The predicted molar refractivity (Wildman–Crippen MR) is 90.0 cm³/mol. The first kappa shape index (κ1) is 22.7. The van der Waals surface area contributed by atoms with Gasteiger partial charge in [0.2, 0.25) is 0 Å². The SMILES string of the molecule is CCCCCCCCCCCCc1ccc(S(=O)(=O)[O-])cc1.[Li+]. The zero-order valence-corrected chi connectivity index (χ0v) is 15.5. The Labute approximate surface area is 154 Å². The van der Waals surface area contributed by atoms with Gasteiger partial charge in [-0.15, -0.1) is 0 Å². The summed E-state index contributed by atoms with van der Waals surface area (Å²) < 4.78 is 32.5. The van der Waals surface area contributed by atoms with Crippen LogP contribution in [0.1, 0.15) is 76.7 Å². The third-order valence-electron chi connectivity index (χ3n) is 4.03. The van der Waals surface area contributed by atoms with Crippen molar-refractivity contribution >= 4 is 10.1 Å². The van der Waals surface area contributed by atoms with E-state index < -0.39 is 10.1 Å². The van der Waals surface area contributed by atoms with Crippen molar-refractivity contribution in [3.05, 3.63) is 29.8 Å². The van der Waals surface area contributed by atoms with Gasteiger partial charge < -0.3 is 4.55 Å². The number of unbranched alkanes of at least 4 members (excludes halogenated alkanes) is 9. The van der Waals surface area contributed by atoms with Crippen molar-refractivity contribution in [2.45, 2.75) is 82.4 Å². The topological polar surface area (TPSA) is 57.2 Å². The molecule has 0 aliphatic rings. The maximum absolute atomic E-state index is 10.8. The van der Waals surface area contributed by atoms with Crippen molar-refractivity contribution in [2.75, 3.05) is 0 Å². The molecule has 0 unspecified atom stereocenters. The van der Waals surface area contributed by atoms with Gasteiger partial charge in [0.1, 0.15) is 10.1 Å². The van der Waals surface area contributed by atoms with Gasteiger partial charge in [-0.2, -0.15) is 0 Å². The van der Waals surface area contributed by atoms with Crippen LogP contribution in [-0.2, 0) is 16.5 Å². The average molecular weight is 332 g/mol. The van der Waals surface area contributed by atoms with Gasteiger partial charge in [0.05, 0.1) is 4.90 Å². The molecule has 0 heterocycles. The van der Waals surface area contributed by atoms with Gasteiger partial charge in [-0.3, -0.25) is 0 Å². The molecule has 1 rings (SSSR count). The van der Waals surface area contributed by atoms with Crippen LogP contribution in [-0.4, -0.2) is 13.0 Å². The van der Waals surface area contributed by atoms with E-state index in [1.165, 1.54) is 69.9 Å². The fourth-order valence-corrected chi connectivity index (χ4v) is 3.11. The van der Waals surface area contributed by atoms with E-state index >= 15 is 0 Å². The van der Waals surface area contributed by atoms with E-state index in [2.05, 4.69) is 6.92 Å². The van der Waals surface area contributed by atoms with Gasteiger partial charge in [-0.25, -0.2) is 8.42 Å². The molecular formula is C18H29LiO3S. The molecule has 0 aliphatic heterocycles. The first-order chi connectivity index (χ1) is 10.5. The zero-order chi connectivity index (χ0) is 16.3. The molecule has 0 atom stereocenters. The third-order valence-corrected chi connectivity index (χ3v) is 4.88. The van der Waals surface area contributed by atoms with E-state index in [-0.39, 0.29) is 23.8 Å². The summed E-state index contributed by atoms with van der Waals surface area (Å²) in [5, 5.41) is 0. The number of rotatable bonds is 12. The molecule has 0 fully saturated rings. The van der Waals surface area contributed by atoms with Gasteiger partial charge >= 0.3 is 18.9 Å². The van der Waals surface area contributed by atoms with Gasteiger partial charge in [-0.1, -0.05) is 76.8 Å². The Morgan fingerprint density at radius 2 is 1.22 bits per heavy atom. The molecule has 0 amide bonds. The summed E-state index contributed by atoms with van der Waals surface area (Å²) in [6.07, 6.45) is 14.0. The molecule has 3 nitrogen and oxygen atoms in total. The van der Waals surface area contributed by atoms with Crippen LogP contribution in [0.5, 0.6) is 0 Å². The van der Waals surface area contributed by atoms with Gasteiger partial charge in [-0.05, 0) is 30.5 Å². The summed E-state index contributed by atoms with van der Waals surface area (Å²) >= 11 is 0. The van der Waals surface area contributed by atoms with Crippen molar-refractivity contribution in [1.82, 2.24) is 0 Å². The molecule has 0 aliphatic carbocycles. The van der Waals surface area contributed by atoms with Crippen LogP contribution in [0.3, 0.4) is 0 Å². The second-order valence-electron chi connectivity index (χ2n) is 6.03. The van der Waals surface area contributed by atoms with Crippen molar-refractivity contribution < 1.29 is 31.8 Å². The second-order valence-corrected chi connectivity index (χ2v) is 7.41. The molecule has 0 saturated carbocycles. The fraction of sp³-hybridized carbons (Fsp3) is 0.667. The van der Waals surface area contributed by atoms with Gasteiger partial charge in [0, 0.05) is 0 Å². The Bertz CT molecular complexity index is 498. The summed E-state index contributed by atoms with van der Waals surface area (Å²) in [5.41, 5.74) is 1.10. The smallest absolute Gasteiger partial charge is 0.744 e. The molecule has 126 valence electrons. The summed E-state index contributed by atoms with van der Waals surface area (Å²) in [5.74, 6) is 0. The third kappa shape index (κ3) is 11.0. The van der Waals surface area contributed by atoms with Crippen LogP contribution in [0.15, 0.2) is 29.2 Å². The molecule has 0 N–H and O–H groups in total. The molecule has 5 heteroatoms. The Morgan fingerprint density at radius 3 is 1.65 bits per heavy atom. The molecule has 0 aromatic heterocycles.